The number of hydrogen-bond donors (Lipinski definition) is 16. The number of unbranched alkanes of at least 4 members (excludes halogenated alkanes) is 1. The number of nitrogens with zero attached hydrogens (tertiary/aromatic N) is 2. The number of carboxylic acid groups (broad SMARTS) is 1. The summed E-state index contributed by atoms with van der Waals surface area (Å²) in [4.78, 5) is 181. The summed E-state index contributed by atoms with van der Waals surface area (Å²) < 4.78 is 0. The van der Waals surface area contributed by atoms with Crippen LogP contribution >= 0.6 is 11.8 Å². The minimum Gasteiger partial charge on any atom is -0.480 e. The first kappa shape index (κ1) is 79.1. The molecule has 4 rings (SSSR count). The maximum absolute atomic E-state index is 14.7. The highest BCUT2D eigenvalue weighted by atomic mass is 32.2. The zero-order valence-corrected chi connectivity index (χ0v) is 55.6. The maximum atomic E-state index is 14.7. The molecule has 0 bridgehead atoms. The zero-order valence-electron chi connectivity index (χ0n) is 54.7. The number of nitrogens with one attached hydrogen (secondary N) is 9. The minimum atomic E-state index is -1.64. The van der Waals surface area contributed by atoms with E-state index >= 15 is 0 Å². The van der Waals surface area contributed by atoms with Gasteiger partial charge in [0.1, 0.15) is 60.7 Å². The standard InChI is InChI=1S/C63H99N17O14S/c1-37(2)33-45(56(87)76-44(62(93)94)27-32-95-3)72-52(83)36-71-53(84)46(34-38-15-6-4-7-16-38)77-57(88)47(35-39-17-8-5-9-18-39)78-55(86)41(23-25-50(66)81)73-54(85)42(24-26-51(67)82)74-58(89)49-22-14-31-80(49)61(92)43(20-10-11-28-64)75-59(90)48-21-13-30-79(48)60(91)40(65)19-12-29-70-63(68)69/h4-9,15-18,37,40-49,63,70H,10-14,19-36,64-65,68-69H2,1-3H3,(H2,66,81)(H2,67,82)(H,71,84)(H,72,83)(H,73,85)(H,74,89)(H,75,90)(H,76,87)(H,77,88)(H,78,86)(H,93,94)/p+2/t40-,41-,42-,43-,44-,45-,46-,47-,48-,49-/m0/s1. The molecule has 24 N–H and O–H groups in total. The third-order valence-electron chi connectivity index (χ3n) is 16.2. The van der Waals surface area contributed by atoms with E-state index < -0.39 is 170 Å². The lowest BCUT2D eigenvalue weighted by Crippen LogP contribution is -2.69. The molecule has 0 radical (unpaired) electrons. The van der Waals surface area contributed by atoms with Crippen molar-refractivity contribution < 1.29 is 78.9 Å². The number of carbonyl (C=O) groups excluding carboxylic acids is 12. The number of amides is 12. The Kier molecular flexibility index (Phi) is 34.6. The SMILES string of the molecule is CSCC[C@H](NC(=O)[C@H](CC(C)C)NC(=O)CNC(=O)[C@H](Cc1ccccc1)NC(=O)[C@H](Cc1ccccc1)NC(=O)[C@H](CCC(N)=O)NC(=O)[C@H](CCC(N)=O)NC(=O)[C@@H]1CCCN1C(=O)[C@H](CCCC[NH3+])NC(=O)[C@@H]1CCCN1C(=O)[C@@H]([NH3+])CCCNC(N)N)C(=O)O. The topological polar surface area (TPSA) is 516 Å². The molecule has 0 aromatic heterocycles. The summed E-state index contributed by atoms with van der Waals surface area (Å²) in [6.07, 6.45) is 2.90. The molecule has 2 aromatic rings. The summed E-state index contributed by atoms with van der Waals surface area (Å²) in [6.45, 7) is 4.34. The fraction of sp³-hybridized carbons (Fsp3) is 0.603. The molecule has 95 heavy (non-hydrogen) atoms. The highest BCUT2D eigenvalue weighted by molar-refractivity contribution is 7.98. The third kappa shape index (κ3) is 27.9. The van der Waals surface area contributed by atoms with Crippen LogP contribution in [0.4, 0.5) is 0 Å². The lowest BCUT2D eigenvalue weighted by Gasteiger charge is -2.31. The molecule has 2 heterocycles. The van der Waals surface area contributed by atoms with Gasteiger partial charge in [0.2, 0.25) is 65.0 Å². The van der Waals surface area contributed by atoms with Crippen molar-refractivity contribution in [3.8, 4) is 0 Å². The van der Waals surface area contributed by atoms with Crippen LogP contribution in [0.5, 0.6) is 0 Å². The summed E-state index contributed by atoms with van der Waals surface area (Å²) >= 11 is 1.40. The number of nitrogens with two attached hydrogens (primary N) is 4. The summed E-state index contributed by atoms with van der Waals surface area (Å²) in [5.41, 5.74) is 31.3. The van der Waals surface area contributed by atoms with E-state index in [-0.39, 0.29) is 56.9 Å². The van der Waals surface area contributed by atoms with E-state index in [9.17, 15) is 67.4 Å². The van der Waals surface area contributed by atoms with Crippen LogP contribution in [-0.2, 0) is 75.2 Å². The number of thioether (sulfide) groups is 1. The molecule has 2 saturated heterocycles. The van der Waals surface area contributed by atoms with E-state index in [4.69, 9.17) is 22.9 Å². The highest BCUT2D eigenvalue weighted by Crippen LogP contribution is 2.23. The second-order valence-corrected chi connectivity index (χ2v) is 25.4. The fourth-order valence-electron chi connectivity index (χ4n) is 11.2. The smallest absolute Gasteiger partial charge is 0.326 e. The zero-order chi connectivity index (χ0) is 70.1. The van der Waals surface area contributed by atoms with E-state index in [1.165, 1.54) is 21.6 Å². The predicted octanol–water partition coefficient (Wildman–Crippen LogP) is -5.03. The molecule has 0 aliphatic carbocycles. The second-order valence-electron chi connectivity index (χ2n) is 24.4. The normalized spacial score (nSPS) is 17.0. The lowest BCUT2D eigenvalue weighted by atomic mass is 10.0. The van der Waals surface area contributed by atoms with Gasteiger partial charge in [-0.05, 0) is 113 Å². The fourth-order valence-corrected chi connectivity index (χ4v) is 11.6. The Morgan fingerprint density at radius 2 is 1.04 bits per heavy atom. The molecular formula is C63H101N17O14S+2. The van der Waals surface area contributed by atoms with Gasteiger partial charge in [0, 0.05) is 45.2 Å². The predicted molar refractivity (Wildman–Crippen MR) is 351 cm³/mol. The summed E-state index contributed by atoms with van der Waals surface area (Å²) in [5.74, 6) is -10.2. The number of aliphatic carboxylic acids is 1. The Balaban J connectivity index is 1.56. The lowest BCUT2D eigenvalue weighted by molar-refractivity contribution is -0.407. The number of hydrogen-bond acceptors (Lipinski definition) is 17. The molecule has 0 unspecified atom stereocenters. The Labute approximate surface area is 558 Å². The molecular weight excluding hydrogens is 1250 g/mol. The number of quaternary nitrogens is 2. The summed E-state index contributed by atoms with van der Waals surface area (Å²) in [6, 6.07) is 4.63. The third-order valence-corrected chi connectivity index (χ3v) is 16.9. The van der Waals surface area contributed by atoms with Crippen molar-refractivity contribution >= 4 is 88.6 Å². The molecule has 12 amide bonds. The van der Waals surface area contributed by atoms with Gasteiger partial charge in [-0.2, -0.15) is 11.8 Å². The van der Waals surface area contributed by atoms with E-state index in [2.05, 4.69) is 59.3 Å². The number of rotatable bonds is 43. The molecule has 2 aromatic carbocycles. The average molecular weight is 1350 g/mol. The van der Waals surface area contributed by atoms with Crippen LogP contribution in [0, 0.1) is 5.92 Å². The van der Waals surface area contributed by atoms with Crippen LogP contribution in [0.25, 0.3) is 0 Å². The van der Waals surface area contributed by atoms with Crippen LogP contribution in [0.15, 0.2) is 60.7 Å². The van der Waals surface area contributed by atoms with Gasteiger partial charge in [0.15, 0.2) is 6.04 Å². The van der Waals surface area contributed by atoms with Gasteiger partial charge >= 0.3 is 5.97 Å². The van der Waals surface area contributed by atoms with Gasteiger partial charge in [0.05, 0.1) is 13.1 Å². The van der Waals surface area contributed by atoms with Crippen LogP contribution in [0.1, 0.15) is 121 Å². The number of primary amides is 2. The van der Waals surface area contributed by atoms with Crippen molar-refractivity contribution in [2.75, 3.05) is 44.7 Å². The molecule has 2 fully saturated rings. The molecule has 2 aliphatic heterocycles. The molecule has 32 heteroatoms. The quantitative estimate of drug-likeness (QED) is 0.0218. The molecule has 31 nitrogen and oxygen atoms in total. The second kappa shape index (κ2) is 41.5. The van der Waals surface area contributed by atoms with Gasteiger partial charge in [0.25, 0.3) is 5.91 Å². The van der Waals surface area contributed by atoms with Crippen molar-refractivity contribution in [2.24, 2.45) is 28.9 Å². The Bertz CT molecular complexity index is 2900. The van der Waals surface area contributed by atoms with Gasteiger partial charge < -0.3 is 91.8 Å². The van der Waals surface area contributed by atoms with Crippen molar-refractivity contribution in [1.82, 2.24) is 57.7 Å². The average Bonchev–Trinajstić information content (AvgIpc) is 1.74. The van der Waals surface area contributed by atoms with E-state index in [1.807, 2.05) is 0 Å². The molecule has 0 spiro atoms. The molecule has 10 atom stereocenters. The van der Waals surface area contributed by atoms with Crippen LogP contribution in [0.3, 0.4) is 0 Å². The first-order valence-electron chi connectivity index (χ1n) is 32.5. The Morgan fingerprint density at radius 3 is 1.54 bits per heavy atom. The van der Waals surface area contributed by atoms with Crippen molar-refractivity contribution in [3.63, 3.8) is 0 Å². The van der Waals surface area contributed by atoms with Gasteiger partial charge in [-0.25, -0.2) is 4.79 Å². The first-order valence-corrected chi connectivity index (χ1v) is 33.9. The molecule has 2 aliphatic rings. The highest BCUT2D eigenvalue weighted by Gasteiger charge is 2.43. The van der Waals surface area contributed by atoms with Gasteiger partial charge in [-0.15, -0.1) is 0 Å². The van der Waals surface area contributed by atoms with Crippen molar-refractivity contribution in [3.05, 3.63) is 71.8 Å². The Morgan fingerprint density at radius 1 is 0.568 bits per heavy atom. The number of carboxylic acids is 1. The van der Waals surface area contributed by atoms with E-state index in [1.54, 1.807) is 80.8 Å². The van der Waals surface area contributed by atoms with Crippen molar-refractivity contribution in [1.29, 1.82) is 0 Å². The Hall–Kier alpha value is -8.30. The monoisotopic (exact) mass is 1350 g/mol. The van der Waals surface area contributed by atoms with E-state index in [0.717, 1.165) is 0 Å². The summed E-state index contributed by atoms with van der Waals surface area (Å²) in [5, 5.41) is 33.6. The first-order chi connectivity index (χ1) is 45.2. The number of benzene rings is 2. The summed E-state index contributed by atoms with van der Waals surface area (Å²) in [7, 11) is 0. The maximum Gasteiger partial charge on any atom is 0.326 e. The van der Waals surface area contributed by atoms with Gasteiger partial charge in [-0.1, -0.05) is 74.5 Å². The van der Waals surface area contributed by atoms with Gasteiger partial charge in [-0.3, -0.25) is 62.9 Å². The van der Waals surface area contributed by atoms with E-state index in [0.29, 0.717) is 81.5 Å². The number of likely N-dealkylation sites (tertiary alicyclic amines) is 2. The van der Waals surface area contributed by atoms with Crippen LogP contribution < -0.4 is 82.3 Å². The number of carbonyl (C=O) groups is 13. The van der Waals surface area contributed by atoms with Crippen molar-refractivity contribution in [2.45, 2.75) is 190 Å². The van der Waals surface area contributed by atoms with Crippen LogP contribution in [-0.4, -0.2) is 203 Å². The minimum absolute atomic E-state index is 0.0953. The largest absolute Gasteiger partial charge is 0.480 e. The molecule has 0 saturated carbocycles. The molecule has 526 valence electrons. The van der Waals surface area contributed by atoms with Crippen LogP contribution in [0.2, 0.25) is 0 Å².